The molecule has 168 valence electrons. The van der Waals surface area contributed by atoms with Gasteiger partial charge in [0.05, 0.1) is 30.2 Å². The van der Waals surface area contributed by atoms with E-state index in [1.807, 2.05) is 4.90 Å². The van der Waals surface area contributed by atoms with Crippen LogP contribution in [0.25, 0.3) is 0 Å². The smallest absolute Gasteiger partial charge is 0.311 e. The van der Waals surface area contributed by atoms with Crippen molar-refractivity contribution in [2.75, 3.05) is 44.6 Å². The number of thiazole rings is 1. The Hall–Kier alpha value is -2.41. The molecule has 9 nitrogen and oxygen atoms in total. The number of piperazine rings is 1. The van der Waals surface area contributed by atoms with E-state index in [2.05, 4.69) is 10.3 Å². The van der Waals surface area contributed by atoms with Crippen molar-refractivity contribution in [1.82, 2.24) is 14.2 Å². The standard InChI is InChI=1S/C19H23FN4O5S2/c1-2-29-18(26)11-15-13-30-19(21-15)22-17(25)12-23-7-9-24(10-8-23)31(27,28)16-5-3-14(20)4-6-16/h3-6,13H,2,7-12H2,1H3,(H,21,22,25). The average Bonchev–Trinajstić information content (AvgIpc) is 3.15. The van der Waals surface area contributed by atoms with E-state index in [0.717, 1.165) is 12.1 Å². The summed E-state index contributed by atoms with van der Waals surface area (Å²) in [6.45, 7) is 3.35. The lowest BCUT2D eigenvalue weighted by molar-refractivity contribution is -0.142. The van der Waals surface area contributed by atoms with E-state index in [1.165, 1.54) is 27.8 Å². The third kappa shape index (κ3) is 6.29. The number of rotatable bonds is 8. The van der Waals surface area contributed by atoms with Gasteiger partial charge in [-0.15, -0.1) is 11.3 Å². The Bertz CT molecular complexity index is 1020. The van der Waals surface area contributed by atoms with Crippen molar-refractivity contribution in [3.8, 4) is 0 Å². The summed E-state index contributed by atoms with van der Waals surface area (Å²) >= 11 is 1.22. The van der Waals surface area contributed by atoms with E-state index < -0.39 is 15.8 Å². The second-order valence-electron chi connectivity index (χ2n) is 6.81. The van der Waals surface area contributed by atoms with E-state index in [1.54, 1.807) is 12.3 Å². The Balaban J connectivity index is 1.47. The molecule has 0 spiro atoms. The highest BCUT2D eigenvalue weighted by Crippen LogP contribution is 2.19. The van der Waals surface area contributed by atoms with Crippen LogP contribution in [-0.4, -0.2) is 73.8 Å². The highest BCUT2D eigenvalue weighted by atomic mass is 32.2. The molecule has 0 bridgehead atoms. The van der Waals surface area contributed by atoms with Gasteiger partial charge >= 0.3 is 5.97 Å². The van der Waals surface area contributed by atoms with Crippen LogP contribution in [0.15, 0.2) is 34.5 Å². The van der Waals surface area contributed by atoms with Crippen LogP contribution in [0.3, 0.4) is 0 Å². The van der Waals surface area contributed by atoms with Crippen LogP contribution in [0.4, 0.5) is 9.52 Å². The summed E-state index contributed by atoms with van der Waals surface area (Å²) in [6.07, 6.45) is 0.0463. The molecule has 0 unspecified atom stereocenters. The van der Waals surface area contributed by atoms with Crippen molar-refractivity contribution in [2.24, 2.45) is 0 Å². The van der Waals surface area contributed by atoms with E-state index in [0.29, 0.717) is 30.5 Å². The number of amides is 1. The number of sulfonamides is 1. The molecule has 1 saturated heterocycles. The van der Waals surface area contributed by atoms with Crippen molar-refractivity contribution in [2.45, 2.75) is 18.2 Å². The number of nitrogens with one attached hydrogen (secondary N) is 1. The van der Waals surface area contributed by atoms with Gasteiger partial charge in [0.2, 0.25) is 15.9 Å². The van der Waals surface area contributed by atoms with Gasteiger partial charge < -0.3 is 10.1 Å². The predicted molar refractivity (Wildman–Crippen MR) is 113 cm³/mol. The molecule has 0 radical (unpaired) electrons. The van der Waals surface area contributed by atoms with Crippen LogP contribution in [-0.2, 0) is 30.8 Å². The first-order valence-corrected chi connectivity index (χ1v) is 12.0. The van der Waals surface area contributed by atoms with E-state index in [9.17, 15) is 22.4 Å². The molecule has 1 aliphatic heterocycles. The third-order valence-electron chi connectivity index (χ3n) is 4.58. The number of benzene rings is 1. The molecule has 2 heterocycles. The summed E-state index contributed by atoms with van der Waals surface area (Å²) in [6, 6.07) is 4.72. The Labute approximate surface area is 183 Å². The zero-order valence-electron chi connectivity index (χ0n) is 16.9. The predicted octanol–water partition coefficient (Wildman–Crippen LogP) is 1.33. The maximum Gasteiger partial charge on any atom is 0.311 e. The largest absolute Gasteiger partial charge is 0.466 e. The van der Waals surface area contributed by atoms with Crippen LogP contribution >= 0.6 is 11.3 Å². The van der Waals surface area contributed by atoms with Gasteiger partial charge in [0.1, 0.15) is 5.82 Å². The molecule has 3 rings (SSSR count). The van der Waals surface area contributed by atoms with Crippen molar-refractivity contribution in [1.29, 1.82) is 0 Å². The van der Waals surface area contributed by atoms with E-state index in [-0.39, 0.29) is 42.8 Å². The highest BCUT2D eigenvalue weighted by Gasteiger charge is 2.29. The Kier molecular flexibility index (Phi) is 7.70. The second-order valence-corrected chi connectivity index (χ2v) is 9.60. The Morgan fingerprint density at radius 2 is 1.87 bits per heavy atom. The van der Waals surface area contributed by atoms with Crippen molar-refractivity contribution in [3.63, 3.8) is 0 Å². The molecular formula is C19H23FN4O5S2. The molecule has 0 atom stereocenters. The summed E-state index contributed by atoms with van der Waals surface area (Å²) in [7, 11) is -3.70. The zero-order chi connectivity index (χ0) is 22.4. The molecule has 1 fully saturated rings. The Morgan fingerprint density at radius 3 is 2.52 bits per heavy atom. The van der Waals surface area contributed by atoms with E-state index >= 15 is 0 Å². The SMILES string of the molecule is CCOC(=O)Cc1csc(NC(=O)CN2CCN(S(=O)(=O)c3ccc(F)cc3)CC2)n1. The number of aromatic nitrogens is 1. The second kappa shape index (κ2) is 10.3. The number of ether oxygens (including phenoxy) is 1. The monoisotopic (exact) mass is 470 g/mol. The summed E-state index contributed by atoms with van der Waals surface area (Å²) in [5.74, 6) is -1.14. The first-order valence-electron chi connectivity index (χ1n) is 9.66. The summed E-state index contributed by atoms with van der Waals surface area (Å²) in [4.78, 5) is 29.9. The lowest BCUT2D eigenvalue weighted by Crippen LogP contribution is -2.50. The minimum Gasteiger partial charge on any atom is -0.466 e. The highest BCUT2D eigenvalue weighted by molar-refractivity contribution is 7.89. The molecule has 1 aromatic heterocycles. The fraction of sp³-hybridized carbons (Fsp3) is 0.421. The number of anilines is 1. The molecule has 31 heavy (non-hydrogen) atoms. The topological polar surface area (TPSA) is 109 Å². The average molecular weight is 471 g/mol. The molecule has 12 heteroatoms. The normalized spacial score (nSPS) is 15.5. The molecule has 0 saturated carbocycles. The van der Waals surface area contributed by atoms with Crippen molar-refractivity contribution in [3.05, 3.63) is 41.2 Å². The number of hydrogen-bond acceptors (Lipinski definition) is 8. The Morgan fingerprint density at radius 1 is 1.19 bits per heavy atom. The van der Waals surface area contributed by atoms with Crippen LogP contribution in [0.2, 0.25) is 0 Å². The molecule has 1 aromatic carbocycles. The number of carbonyl (C=O) groups is 2. The number of halogens is 1. The number of nitrogens with zero attached hydrogens (tertiary/aromatic N) is 3. The van der Waals surface area contributed by atoms with Gasteiger partial charge in [-0.25, -0.2) is 17.8 Å². The molecule has 1 amide bonds. The maximum absolute atomic E-state index is 13.1. The fourth-order valence-corrected chi connectivity index (χ4v) is 5.20. The van der Waals surface area contributed by atoms with Crippen LogP contribution in [0.1, 0.15) is 12.6 Å². The first kappa shape index (κ1) is 23.3. The molecular weight excluding hydrogens is 447 g/mol. The van der Waals surface area contributed by atoms with Gasteiger partial charge in [-0.1, -0.05) is 0 Å². The fourth-order valence-electron chi connectivity index (χ4n) is 3.05. The zero-order valence-corrected chi connectivity index (χ0v) is 18.5. The summed E-state index contributed by atoms with van der Waals surface area (Å²) in [5.41, 5.74) is 0.526. The van der Waals surface area contributed by atoms with Gasteiger partial charge in [0, 0.05) is 31.6 Å². The van der Waals surface area contributed by atoms with Crippen LogP contribution in [0.5, 0.6) is 0 Å². The van der Waals surface area contributed by atoms with Gasteiger partial charge in [-0.05, 0) is 31.2 Å². The minimum absolute atomic E-state index is 0.0440. The molecule has 1 N–H and O–H groups in total. The van der Waals surface area contributed by atoms with Gasteiger partial charge in [-0.3, -0.25) is 14.5 Å². The van der Waals surface area contributed by atoms with Gasteiger partial charge in [-0.2, -0.15) is 4.31 Å². The van der Waals surface area contributed by atoms with Crippen LogP contribution < -0.4 is 5.32 Å². The van der Waals surface area contributed by atoms with Gasteiger partial charge in [0.15, 0.2) is 5.13 Å². The molecule has 1 aliphatic rings. The lowest BCUT2D eigenvalue weighted by Gasteiger charge is -2.33. The molecule has 2 aromatic rings. The minimum atomic E-state index is -3.70. The van der Waals surface area contributed by atoms with Crippen molar-refractivity contribution < 1.29 is 27.1 Å². The van der Waals surface area contributed by atoms with Crippen molar-refractivity contribution >= 4 is 38.4 Å². The number of carbonyl (C=O) groups excluding carboxylic acids is 2. The summed E-state index contributed by atoms with van der Waals surface area (Å²) < 4.78 is 44.6. The first-order chi connectivity index (χ1) is 14.8. The maximum atomic E-state index is 13.1. The lowest BCUT2D eigenvalue weighted by atomic mass is 10.3. The quantitative estimate of drug-likeness (QED) is 0.580. The number of hydrogen-bond donors (Lipinski definition) is 1. The summed E-state index contributed by atoms with van der Waals surface area (Å²) in [5, 5.41) is 4.77. The van der Waals surface area contributed by atoms with Crippen LogP contribution in [0, 0.1) is 5.82 Å². The van der Waals surface area contributed by atoms with E-state index in [4.69, 9.17) is 4.74 Å². The number of esters is 1. The molecule has 0 aliphatic carbocycles. The van der Waals surface area contributed by atoms with Gasteiger partial charge in [0.25, 0.3) is 0 Å². The third-order valence-corrected chi connectivity index (χ3v) is 7.30.